The molecule has 2 amide bonds. The standard InChI is InChI=1S/C23H26Cl2N4O2/c1-4-5-9-16-14-20(27-22(30)26-19-12-7-11-18(24)21(19)25)29(28-16)17-10-6-8-15(13-17)23(2,3)31/h6-8,10-14,31H,4-5,9H2,1-3H3,(H2,26,27,30). The normalized spacial score (nSPS) is 11.4. The summed E-state index contributed by atoms with van der Waals surface area (Å²) in [5.41, 5.74) is 1.76. The third-order valence-corrected chi connectivity index (χ3v) is 5.60. The molecule has 164 valence electrons. The molecule has 1 aromatic heterocycles. The van der Waals surface area contributed by atoms with Crippen molar-refractivity contribution >= 4 is 40.7 Å². The highest BCUT2D eigenvalue weighted by Crippen LogP contribution is 2.30. The molecule has 0 radical (unpaired) electrons. The van der Waals surface area contributed by atoms with Crippen molar-refractivity contribution in [1.82, 2.24) is 9.78 Å². The SMILES string of the molecule is CCCCc1cc(NC(=O)Nc2cccc(Cl)c2Cl)n(-c2cccc(C(C)(C)O)c2)n1. The first kappa shape index (κ1) is 23.1. The minimum Gasteiger partial charge on any atom is -0.386 e. The second-order valence-electron chi connectivity index (χ2n) is 7.83. The fraction of sp³-hybridized carbons (Fsp3) is 0.304. The quantitative estimate of drug-likeness (QED) is 0.381. The van der Waals surface area contributed by atoms with Gasteiger partial charge in [0.15, 0.2) is 0 Å². The fourth-order valence-corrected chi connectivity index (χ4v) is 3.43. The molecule has 8 heteroatoms. The van der Waals surface area contributed by atoms with Crippen molar-refractivity contribution in [2.45, 2.75) is 45.6 Å². The first-order valence-corrected chi connectivity index (χ1v) is 10.9. The van der Waals surface area contributed by atoms with Gasteiger partial charge in [-0.25, -0.2) is 9.48 Å². The van der Waals surface area contributed by atoms with Crippen molar-refractivity contribution in [2.24, 2.45) is 0 Å². The highest BCUT2D eigenvalue weighted by atomic mass is 35.5. The van der Waals surface area contributed by atoms with Gasteiger partial charge in [0.1, 0.15) is 5.82 Å². The summed E-state index contributed by atoms with van der Waals surface area (Å²) in [4.78, 5) is 12.7. The Morgan fingerprint density at radius 1 is 1.13 bits per heavy atom. The Kier molecular flexibility index (Phi) is 7.26. The number of nitrogens with zero attached hydrogens (tertiary/aromatic N) is 2. The number of hydrogen-bond donors (Lipinski definition) is 3. The molecule has 0 atom stereocenters. The summed E-state index contributed by atoms with van der Waals surface area (Å²) in [7, 11) is 0. The third-order valence-electron chi connectivity index (χ3n) is 4.79. The minimum absolute atomic E-state index is 0.273. The Hall–Kier alpha value is -2.54. The van der Waals surface area contributed by atoms with Gasteiger partial charge in [0, 0.05) is 6.07 Å². The molecule has 6 nitrogen and oxygen atoms in total. The number of unbranched alkanes of at least 4 members (excludes halogenated alkanes) is 1. The summed E-state index contributed by atoms with van der Waals surface area (Å²) in [6.45, 7) is 5.57. The number of rotatable bonds is 7. The topological polar surface area (TPSA) is 79.2 Å². The predicted octanol–water partition coefficient (Wildman–Crippen LogP) is 6.39. The number of halogens is 2. The summed E-state index contributed by atoms with van der Waals surface area (Å²) < 4.78 is 1.67. The van der Waals surface area contributed by atoms with Gasteiger partial charge >= 0.3 is 6.03 Å². The van der Waals surface area contributed by atoms with E-state index in [1.54, 1.807) is 36.7 Å². The lowest BCUT2D eigenvalue weighted by molar-refractivity contribution is 0.0786. The summed E-state index contributed by atoms with van der Waals surface area (Å²) in [6.07, 6.45) is 2.83. The van der Waals surface area contributed by atoms with Gasteiger partial charge in [-0.15, -0.1) is 0 Å². The molecule has 0 bridgehead atoms. The van der Waals surface area contributed by atoms with E-state index in [1.165, 1.54) is 0 Å². The Balaban J connectivity index is 1.91. The maximum atomic E-state index is 12.7. The molecule has 0 aliphatic heterocycles. The molecular formula is C23H26Cl2N4O2. The monoisotopic (exact) mass is 460 g/mol. The molecule has 0 spiro atoms. The van der Waals surface area contributed by atoms with Crippen molar-refractivity contribution in [3.05, 3.63) is 69.8 Å². The molecule has 0 unspecified atom stereocenters. The third kappa shape index (κ3) is 5.79. The van der Waals surface area contributed by atoms with Crippen LogP contribution in [-0.2, 0) is 12.0 Å². The van der Waals surface area contributed by atoms with E-state index < -0.39 is 11.6 Å². The Labute approximate surface area is 192 Å². The zero-order valence-corrected chi connectivity index (χ0v) is 19.3. The Morgan fingerprint density at radius 2 is 1.87 bits per heavy atom. The molecule has 0 aliphatic carbocycles. The van der Waals surface area contributed by atoms with Crippen molar-refractivity contribution < 1.29 is 9.90 Å². The van der Waals surface area contributed by atoms with Gasteiger partial charge in [0.25, 0.3) is 0 Å². The van der Waals surface area contributed by atoms with Gasteiger partial charge in [-0.05, 0) is 56.5 Å². The van der Waals surface area contributed by atoms with Crippen molar-refractivity contribution in [2.75, 3.05) is 10.6 Å². The lowest BCUT2D eigenvalue weighted by Gasteiger charge is -2.19. The molecule has 2 aromatic carbocycles. The predicted molar refractivity (Wildman–Crippen MR) is 127 cm³/mol. The largest absolute Gasteiger partial charge is 0.386 e. The van der Waals surface area contributed by atoms with E-state index >= 15 is 0 Å². The molecule has 3 rings (SSSR count). The van der Waals surface area contributed by atoms with Gasteiger partial charge in [-0.3, -0.25) is 5.32 Å². The van der Waals surface area contributed by atoms with Gasteiger partial charge in [0.2, 0.25) is 0 Å². The second kappa shape index (κ2) is 9.73. The lowest BCUT2D eigenvalue weighted by atomic mass is 9.98. The maximum Gasteiger partial charge on any atom is 0.324 e. The number of carbonyl (C=O) groups is 1. The van der Waals surface area contributed by atoms with Crippen LogP contribution in [0.3, 0.4) is 0 Å². The van der Waals surface area contributed by atoms with E-state index in [1.807, 2.05) is 30.3 Å². The number of urea groups is 1. The summed E-state index contributed by atoms with van der Waals surface area (Å²) in [5.74, 6) is 0.509. The van der Waals surface area contributed by atoms with Crippen LogP contribution in [0.1, 0.15) is 44.9 Å². The van der Waals surface area contributed by atoms with E-state index in [-0.39, 0.29) is 5.02 Å². The molecule has 3 N–H and O–H groups in total. The van der Waals surface area contributed by atoms with E-state index in [0.717, 1.165) is 36.2 Å². The number of aryl methyl sites for hydroxylation is 1. The van der Waals surface area contributed by atoms with Crippen LogP contribution >= 0.6 is 23.2 Å². The first-order chi connectivity index (χ1) is 14.7. The summed E-state index contributed by atoms with van der Waals surface area (Å²) in [5, 5.41) is 21.2. The number of carbonyl (C=O) groups excluding carboxylic acids is 1. The molecule has 0 saturated heterocycles. The van der Waals surface area contributed by atoms with Gasteiger partial charge < -0.3 is 10.4 Å². The van der Waals surface area contributed by atoms with Crippen LogP contribution in [0.5, 0.6) is 0 Å². The highest BCUT2D eigenvalue weighted by Gasteiger charge is 2.18. The molecule has 0 saturated carbocycles. The van der Waals surface area contributed by atoms with Gasteiger partial charge in [-0.2, -0.15) is 5.10 Å². The van der Waals surface area contributed by atoms with Crippen molar-refractivity contribution in [3.63, 3.8) is 0 Å². The number of benzene rings is 2. The number of amides is 2. The smallest absolute Gasteiger partial charge is 0.324 e. The van der Waals surface area contributed by atoms with Crippen LogP contribution < -0.4 is 10.6 Å². The van der Waals surface area contributed by atoms with Crippen LogP contribution in [0.15, 0.2) is 48.5 Å². The molecular weight excluding hydrogens is 435 g/mol. The van der Waals surface area contributed by atoms with E-state index in [0.29, 0.717) is 16.5 Å². The van der Waals surface area contributed by atoms with Gasteiger partial charge in [-0.1, -0.05) is 54.7 Å². The van der Waals surface area contributed by atoms with Crippen molar-refractivity contribution in [3.8, 4) is 5.69 Å². The van der Waals surface area contributed by atoms with Crippen molar-refractivity contribution in [1.29, 1.82) is 0 Å². The Bertz CT molecular complexity index is 1070. The minimum atomic E-state index is -0.998. The number of aromatic nitrogens is 2. The molecule has 0 aliphatic rings. The molecule has 1 heterocycles. The average Bonchev–Trinajstić information content (AvgIpc) is 3.12. The summed E-state index contributed by atoms with van der Waals surface area (Å²) in [6, 6.07) is 13.9. The van der Waals surface area contributed by atoms with E-state index in [4.69, 9.17) is 23.2 Å². The zero-order chi connectivity index (χ0) is 22.6. The Morgan fingerprint density at radius 3 is 2.58 bits per heavy atom. The first-order valence-electron chi connectivity index (χ1n) is 10.1. The second-order valence-corrected chi connectivity index (χ2v) is 8.61. The summed E-state index contributed by atoms with van der Waals surface area (Å²) >= 11 is 12.2. The van der Waals surface area contributed by atoms with Crippen LogP contribution in [0.25, 0.3) is 5.69 Å². The molecule has 3 aromatic rings. The maximum absolute atomic E-state index is 12.7. The van der Waals surface area contributed by atoms with Crippen LogP contribution in [0, 0.1) is 0 Å². The zero-order valence-electron chi connectivity index (χ0n) is 17.7. The van der Waals surface area contributed by atoms with E-state index in [9.17, 15) is 9.90 Å². The lowest BCUT2D eigenvalue weighted by Crippen LogP contribution is -2.21. The van der Waals surface area contributed by atoms with Crippen LogP contribution in [0.2, 0.25) is 10.0 Å². The molecule has 0 fully saturated rings. The average molecular weight is 461 g/mol. The number of aliphatic hydroxyl groups is 1. The van der Waals surface area contributed by atoms with E-state index in [2.05, 4.69) is 22.7 Å². The fourth-order valence-electron chi connectivity index (χ4n) is 3.08. The van der Waals surface area contributed by atoms with Crippen LogP contribution in [-0.4, -0.2) is 20.9 Å². The molecule has 31 heavy (non-hydrogen) atoms. The highest BCUT2D eigenvalue weighted by molar-refractivity contribution is 6.44. The van der Waals surface area contributed by atoms with Gasteiger partial charge in [0.05, 0.1) is 32.7 Å². The number of nitrogens with one attached hydrogen (secondary N) is 2. The number of hydrogen-bond acceptors (Lipinski definition) is 3. The number of anilines is 2. The van der Waals surface area contributed by atoms with Crippen LogP contribution in [0.4, 0.5) is 16.3 Å².